The molecule has 0 aromatic carbocycles. The number of hydrogen-bond donors (Lipinski definition) is 1. The zero-order valence-electron chi connectivity index (χ0n) is 17.1. The molecule has 0 amide bonds. The van der Waals surface area contributed by atoms with E-state index in [1.807, 2.05) is 0 Å². The van der Waals surface area contributed by atoms with Gasteiger partial charge >= 0.3 is 0 Å². The second-order valence-corrected chi connectivity index (χ2v) is 10.7. The van der Waals surface area contributed by atoms with Crippen LogP contribution in [0.2, 0.25) is 0 Å². The van der Waals surface area contributed by atoms with Crippen molar-refractivity contribution in [2.45, 2.75) is 115 Å². The Kier molecular flexibility index (Phi) is 3.78. The monoisotopic (exact) mass is 352 g/mol. The fourth-order valence-corrected chi connectivity index (χ4v) is 5.46. The zero-order valence-corrected chi connectivity index (χ0v) is 17.1. The van der Waals surface area contributed by atoms with E-state index in [2.05, 4.69) is 58.8 Å². The van der Waals surface area contributed by atoms with Crippen molar-refractivity contribution in [3.63, 3.8) is 0 Å². The molecule has 3 saturated heterocycles. The lowest BCUT2D eigenvalue weighted by Gasteiger charge is -2.40. The Balaban J connectivity index is 1.79. The van der Waals surface area contributed by atoms with Crippen LogP contribution in [0.5, 0.6) is 0 Å². The molecule has 3 aliphatic heterocycles. The van der Waals surface area contributed by atoms with Crippen molar-refractivity contribution in [1.82, 2.24) is 10.4 Å². The molecule has 0 aromatic heterocycles. The predicted octanol–water partition coefficient (Wildman–Crippen LogP) is 3.58. The van der Waals surface area contributed by atoms with E-state index in [0.717, 1.165) is 0 Å². The molecule has 1 saturated carbocycles. The lowest BCUT2D eigenvalue weighted by molar-refractivity contribution is -0.330. The number of nitrogens with one attached hydrogen (secondary N) is 1. The van der Waals surface area contributed by atoms with E-state index in [-0.39, 0.29) is 22.7 Å². The summed E-state index contributed by atoms with van der Waals surface area (Å²) in [6, 6.07) is 0.212. The van der Waals surface area contributed by atoms with Gasteiger partial charge < -0.3 is 9.47 Å². The lowest BCUT2D eigenvalue weighted by Crippen LogP contribution is -2.61. The number of fused-ring (bicyclic) bond motifs is 1. The van der Waals surface area contributed by atoms with Gasteiger partial charge in [0.25, 0.3) is 5.91 Å². The molecule has 0 aromatic rings. The first kappa shape index (κ1) is 18.2. The number of epoxide rings is 1. The maximum atomic E-state index is 6.66. The smallest absolute Gasteiger partial charge is 0.280 e. The Morgan fingerprint density at radius 3 is 2.04 bits per heavy atom. The normalized spacial score (nSPS) is 44.0. The van der Waals surface area contributed by atoms with Crippen molar-refractivity contribution >= 4 is 0 Å². The van der Waals surface area contributed by atoms with Gasteiger partial charge in [0.2, 0.25) is 0 Å². The number of hydroxylamine groups is 2. The maximum Gasteiger partial charge on any atom is 0.280 e. The fourth-order valence-electron chi connectivity index (χ4n) is 5.46. The van der Waals surface area contributed by atoms with Crippen LogP contribution in [0.15, 0.2) is 0 Å². The molecular formula is C20H36N2O3. The van der Waals surface area contributed by atoms with Gasteiger partial charge in [0, 0.05) is 11.1 Å². The Bertz CT molecular complexity index is 550. The topological polar surface area (TPSA) is 46.3 Å². The summed E-state index contributed by atoms with van der Waals surface area (Å²) in [6.45, 7) is 16.0. The van der Waals surface area contributed by atoms with Gasteiger partial charge in [-0.05, 0) is 67.2 Å². The SMILES string of the molecule is CC1(C)CO[C@@]2(N1)ON(C(C)(C)C)[C@@H](C1CCCCC1)[C@]21OC1(C)C. The van der Waals surface area contributed by atoms with Gasteiger partial charge in [-0.2, -0.15) is 5.06 Å². The zero-order chi connectivity index (χ0) is 18.3. The number of nitrogens with zero attached hydrogens (tertiary/aromatic N) is 1. The third kappa shape index (κ3) is 2.46. The molecular weight excluding hydrogens is 316 g/mol. The molecule has 144 valence electrons. The third-order valence-electron chi connectivity index (χ3n) is 6.55. The Hall–Kier alpha value is -0.200. The summed E-state index contributed by atoms with van der Waals surface area (Å²) >= 11 is 0. The van der Waals surface area contributed by atoms with Crippen molar-refractivity contribution in [1.29, 1.82) is 0 Å². The summed E-state index contributed by atoms with van der Waals surface area (Å²) in [5.74, 6) is -0.293. The largest absolute Gasteiger partial charge is 0.354 e. The Morgan fingerprint density at radius 1 is 1.00 bits per heavy atom. The molecule has 1 N–H and O–H groups in total. The highest BCUT2D eigenvalue weighted by atomic mass is 16.9. The van der Waals surface area contributed by atoms with Crippen LogP contribution in [0.4, 0.5) is 0 Å². The van der Waals surface area contributed by atoms with E-state index in [0.29, 0.717) is 12.5 Å². The highest BCUT2D eigenvalue weighted by Crippen LogP contribution is 2.66. The summed E-state index contributed by atoms with van der Waals surface area (Å²) in [5.41, 5.74) is -0.954. The molecule has 0 bridgehead atoms. The van der Waals surface area contributed by atoms with E-state index in [4.69, 9.17) is 14.3 Å². The molecule has 5 heteroatoms. The summed E-state index contributed by atoms with van der Waals surface area (Å²) in [4.78, 5) is 6.66. The molecule has 1 aliphatic carbocycles. The van der Waals surface area contributed by atoms with Crippen molar-refractivity contribution in [3.8, 4) is 0 Å². The van der Waals surface area contributed by atoms with Crippen LogP contribution in [0.1, 0.15) is 80.6 Å². The standard InChI is InChI=1S/C20H36N2O3/c1-16(2,3)22-15(14-11-9-8-10-12-14)19(18(6,7)24-19)20(25-22)21-17(4,5)13-23-20/h14-15,21H,8-13H2,1-7H3/t15-,19+,20+/m0/s1. The van der Waals surface area contributed by atoms with Crippen LogP contribution >= 0.6 is 0 Å². The fraction of sp³-hybridized carbons (Fsp3) is 1.00. The molecule has 3 atom stereocenters. The van der Waals surface area contributed by atoms with E-state index in [1.54, 1.807) is 0 Å². The highest BCUT2D eigenvalue weighted by molar-refractivity contribution is 5.29. The molecule has 4 rings (SSSR count). The Morgan fingerprint density at radius 2 is 1.60 bits per heavy atom. The minimum atomic E-state index is -0.880. The molecule has 3 heterocycles. The first-order chi connectivity index (χ1) is 11.4. The molecule has 0 unspecified atom stereocenters. The second kappa shape index (κ2) is 5.20. The predicted molar refractivity (Wildman–Crippen MR) is 96.8 cm³/mol. The van der Waals surface area contributed by atoms with Gasteiger partial charge in [-0.15, -0.1) is 0 Å². The van der Waals surface area contributed by atoms with Crippen LogP contribution in [0.25, 0.3) is 0 Å². The minimum absolute atomic E-state index is 0.113. The quantitative estimate of drug-likeness (QED) is 0.731. The van der Waals surface area contributed by atoms with Gasteiger partial charge in [0.05, 0.1) is 12.6 Å². The highest BCUT2D eigenvalue weighted by Gasteiger charge is 2.87. The molecule has 5 nitrogen and oxygen atoms in total. The van der Waals surface area contributed by atoms with E-state index in [9.17, 15) is 0 Å². The molecule has 25 heavy (non-hydrogen) atoms. The van der Waals surface area contributed by atoms with Gasteiger partial charge in [0.1, 0.15) is 5.60 Å². The Labute approximate surface area is 152 Å². The van der Waals surface area contributed by atoms with Crippen molar-refractivity contribution < 1.29 is 14.3 Å². The molecule has 0 radical (unpaired) electrons. The van der Waals surface area contributed by atoms with Crippen molar-refractivity contribution in [2.75, 3.05) is 6.61 Å². The lowest BCUT2D eigenvalue weighted by atomic mass is 9.73. The van der Waals surface area contributed by atoms with Crippen LogP contribution in [0.3, 0.4) is 0 Å². The van der Waals surface area contributed by atoms with Crippen molar-refractivity contribution in [2.24, 2.45) is 5.92 Å². The summed E-state index contributed by atoms with van der Waals surface area (Å²) < 4.78 is 12.9. The first-order valence-corrected chi connectivity index (χ1v) is 10.1. The average Bonchev–Trinajstić information content (AvgIpc) is 2.80. The summed E-state index contributed by atoms with van der Waals surface area (Å²) in [6.07, 6.45) is 6.47. The number of ether oxygens (including phenoxy) is 2. The van der Waals surface area contributed by atoms with Crippen LogP contribution in [-0.4, -0.2) is 45.9 Å². The van der Waals surface area contributed by atoms with Gasteiger partial charge in [-0.1, -0.05) is 19.3 Å². The number of hydrogen-bond acceptors (Lipinski definition) is 5. The van der Waals surface area contributed by atoms with Gasteiger partial charge in [-0.3, -0.25) is 5.32 Å². The van der Waals surface area contributed by atoms with E-state index < -0.39 is 11.5 Å². The molecule has 4 fully saturated rings. The van der Waals surface area contributed by atoms with Crippen LogP contribution in [-0.2, 0) is 14.3 Å². The summed E-state index contributed by atoms with van der Waals surface area (Å²) in [5, 5.41) is 5.89. The second-order valence-electron chi connectivity index (χ2n) is 10.7. The van der Waals surface area contributed by atoms with Crippen LogP contribution in [0, 0.1) is 5.92 Å². The van der Waals surface area contributed by atoms with Gasteiger partial charge in [0.15, 0.2) is 5.60 Å². The summed E-state index contributed by atoms with van der Waals surface area (Å²) in [7, 11) is 0. The average molecular weight is 353 g/mol. The minimum Gasteiger partial charge on any atom is -0.354 e. The molecule has 4 aliphatic rings. The van der Waals surface area contributed by atoms with E-state index in [1.165, 1.54) is 32.1 Å². The number of rotatable bonds is 1. The maximum absolute atomic E-state index is 6.66. The molecule has 2 spiro atoms. The first-order valence-electron chi connectivity index (χ1n) is 10.1. The third-order valence-corrected chi connectivity index (χ3v) is 6.55. The van der Waals surface area contributed by atoms with Crippen LogP contribution < -0.4 is 5.32 Å². The van der Waals surface area contributed by atoms with E-state index >= 15 is 0 Å². The van der Waals surface area contributed by atoms with Gasteiger partial charge in [-0.25, -0.2) is 4.84 Å². The van der Waals surface area contributed by atoms with Crippen molar-refractivity contribution in [3.05, 3.63) is 0 Å².